The number of nitrogens with one attached hydrogen (secondary N) is 1. The number of rotatable bonds is 3. The third kappa shape index (κ3) is 2.38. The average molecular weight is 270 g/mol. The van der Waals surface area contributed by atoms with Gasteiger partial charge in [0.1, 0.15) is 11.3 Å². The van der Waals surface area contributed by atoms with Gasteiger partial charge in [0.2, 0.25) is 0 Å². The molecule has 2 aromatic carbocycles. The van der Waals surface area contributed by atoms with Crippen molar-refractivity contribution in [3.05, 3.63) is 65.8 Å². The second-order valence-electron chi connectivity index (χ2n) is 4.31. The number of carbonyl (C=O) groups excluding carboxylic acids is 1. The molecule has 4 nitrogen and oxygen atoms in total. The number of fused-ring (bicyclic) bond motifs is 1. The van der Waals surface area contributed by atoms with Gasteiger partial charge in [-0.3, -0.25) is 4.79 Å². The molecule has 3 aromatic rings. The molecular formula is C15H11FN2O2. The minimum absolute atomic E-state index is 0.141. The van der Waals surface area contributed by atoms with Gasteiger partial charge in [0.25, 0.3) is 5.91 Å². The number of oxazole rings is 1. The van der Waals surface area contributed by atoms with Crippen molar-refractivity contribution in [3.63, 3.8) is 0 Å². The van der Waals surface area contributed by atoms with Gasteiger partial charge in [-0.05, 0) is 24.3 Å². The number of amides is 1. The van der Waals surface area contributed by atoms with Crippen molar-refractivity contribution in [2.24, 2.45) is 0 Å². The summed E-state index contributed by atoms with van der Waals surface area (Å²) in [5, 5.41) is 2.68. The first-order valence-corrected chi connectivity index (χ1v) is 6.09. The zero-order valence-electron chi connectivity index (χ0n) is 10.5. The Morgan fingerprint density at radius 3 is 2.95 bits per heavy atom. The predicted molar refractivity (Wildman–Crippen MR) is 71.6 cm³/mol. The molecule has 1 N–H and O–H groups in total. The Balaban J connectivity index is 1.74. The first kappa shape index (κ1) is 12.3. The highest BCUT2D eigenvalue weighted by Gasteiger charge is 2.09. The molecule has 0 saturated carbocycles. The predicted octanol–water partition coefficient (Wildman–Crippen LogP) is 2.90. The fourth-order valence-electron chi connectivity index (χ4n) is 1.92. The van der Waals surface area contributed by atoms with E-state index in [1.165, 1.54) is 12.5 Å². The molecule has 0 fully saturated rings. The molecule has 1 aromatic heterocycles. The number of benzene rings is 2. The maximum absolute atomic E-state index is 13.4. The zero-order chi connectivity index (χ0) is 13.9. The summed E-state index contributed by atoms with van der Waals surface area (Å²) in [5.74, 6) is -0.613. The zero-order valence-corrected chi connectivity index (χ0v) is 10.5. The van der Waals surface area contributed by atoms with Gasteiger partial charge in [-0.25, -0.2) is 9.37 Å². The molecule has 0 unspecified atom stereocenters. The van der Waals surface area contributed by atoms with E-state index in [0.717, 1.165) is 0 Å². The van der Waals surface area contributed by atoms with Crippen molar-refractivity contribution in [2.45, 2.75) is 6.54 Å². The molecule has 0 atom stereocenters. The largest absolute Gasteiger partial charge is 0.443 e. The molecule has 0 bridgehead atoms. The lowest BCUT2D eigenvalue weighted by atomic mass is 10.1. The Morgan fingerprint density at radius 1 is 1.25 bits per heavy atom. The van der Waals surface area contributed by atoms with Crippen LogP contribution in [0.2, 0.25) is 0 Å². The Morgan fingerprint density at radius 2 is 2.10 bits per heavy atom. The molecular weight excluding hydrogens is 259 g/mol. The summed E-state index contributed by atoms with van der Waals surface area (Å²) < 4.78 is 18.5. The van der Waals surface area contributed by atoms with E-state index < -0.39 is 0 Å². The second kappa shape index (κ2) is 5.13. The van der Waals surface area contributed by atoms with Crippen LogP contribution in [-0.4, -0.2) is 10.9 Å². The van der Waals surface area contributed by atoms with Gasteiger partial charge in [0.05, 0.1) is 0 Å². The summed E-state index contributed by atoms with van der Waals surface area (Å²) in [6, 6.07) is 11.3. The molecule has 1 amide bonds. The SMILES string of the molecule is O=C(NCc1ccccc1F)c1ccc2ocnc2c1. The van der Waals surface area contributed by atoms with Gasteiger partial charge in [0, 0.05) is 17.7 Å². The minimum Gasteiger partial charge on any atom is -0.443 e. The van der Waals surface area contributed by atoms with Gasteiger partial charge in [0.15, 0.2) is 12.0 Å². The summed E-state index contributed by atoms with van der Waals surface area (Å²) in [7, 11) is 0. The molecule has 0 radical (unpaired) electrons. The van der Waals surface area contributed by atoms with E-state index in [2.05, 4.69) is 10.3 Å². The molecule has 1 heterocycles. The van der Waals surface area contributed by atoms with E-state index in [-0.39, 0.29) is 18.3 Å². The molecule has 0 aliphatic carbocycles. The molecule has 5 heteroatoms. The van der Waals surface area contributed by atoms with Crippen LogP contribution in [0.4, 0.5) is 4.39 Å². The fraction of sp³-hybridized carbons (Fsp3) is 0.0667. The normalized spacial score (nSPS) is 10.7. The van der Waals surface area contributed by atoms with Gasteiger partial charge < -0.3 is 9.73 Å². The second-order valence-corrected chi connectivity index (χ2v) is 4.31. The Kier molecular flexibility index (Phi) is 3.16. The molecule has 0 saturated heterocycles. The van der Waals surface area contributed by atoms with Crippen molar-refractivity contribution in [2.75, 3.05) is 0 Å². The standard InChI is InChI=1S/C15H11FN2O2/c16-12-4-2-1-3-11(12)8-17-15(19)10-5-6-14-13(7-10)18-9-20-14/h1-7,9H,8H2,(H,17,19). The Labute approximate surface area is 114 Å². The smallest absolute Gasteiger partial charge is 0.251 e. The third-order valence-electron chi connectivity index (χ3n) is 2.99. The lowest BCUT2D eigenvalue weighted by Crippen LogP contribution is -2.23. The highest BCUT2D eigenvalue weighted by atomic mass is 19.1. The maximum Gasteiger partial charge on any atom is 0.251 e. The molecule has 20 heavy (non-hydrogen) atoms. The fourth-order valence-corrected chi connectivity index (χ4v) is 1.92. The summed E-state index contributed by atoms with van der Waals surface area (Å²) in [4.78, 5) is 16.0. The molecule has 0 aliphatic rings. The van der Waals surface area contributed by atoms with Gasteiger partial charge >= 0.3 is 0 Å². The number of hydrogen-bond donors (Lipinski definition) is 1. The monoisotopic (exact) mass is 270 g/mol. The quantitative estimate of drug-likeness (QED) is 0.796. The van der Waals surface area contributed by atoms with E-state index in [0.29, 0.717) is 22.2 Å². The molecule has 0 spiro atoms. The van der Waals surface area contributed by atoms with E-state index >= 15 is 0 Å². The van der Waals surface area contributed by atoms with Crippen molar-refractivity contribution >= 4 is 17.0 Å². The molecule has 100 valence electrons. The van der Waals surface area contributed by atoms with Crippen LogP contribution in [-0.2, 0) is 6.54 Å². The number of carbonyl (C=O) groups is 1. The van der Waals surface area contributed by atoms with Crippen molar-refractivity contribution in [3.8, 4) is 0 Å². The lowest BCUT2D eigenvalue weighted by Gasteiger charge is -2.06. The summed E-state index contributed by atoms with van der Waals surface area (Å²) in [6.45, 7) is 0.141. The summed E-state index contributed by atoms with van der Waals surface area (Å²) in [5.41, 5.74) is 2.14. The first-order valence-electron chi connectivity index (χ1n) is 6.09. The maximum atomic E-state index is 13.4. The first-order chi connectivity index (χ1) is 9.74. The Hall–Kier alpha value is -2.69. The number of nitrogens with zero attached hydrogens (tertiary/aromatic N) is 1. The van der Waals surface area contributed by atoms with Crippen molar-refractivity contribution in [1.82, 2.24) is 10.3 Å². The third-order valence-corrected chi connectivity index (χ3v) is 2.99. The summed E-state index contributed by atoms with van der Waals surface area (Å²) >= 11 is 0. The topological polar surface area (TPSA) is 55.1 Å². The van der Waals surface area contributed by atoms with Crippen LogP contribution in [0.25, 0.3) is 11.1 Å². The highest BCUT2D eigenvalue weighted by Crippen LogP contribution is 2.14. The van der Waals surface area contributed by atoms with Crippen LogP contribution in [0, 0.1) is 5.82 Å². The van der Waals surface area contributed by atoms with Crippen LogP contribution in [0.5, 0.6) is 0 Å². The van der Waals surface area contributed by atoms with Crippen molar-refractivity contribution < 1.29 is 13.6 Å². The molecule has 0 aliphatic heterocycles. The van der Waals surface area contributed by atoms with E-state index in [1.807, 2.05) is 0 Å². The highest BCUT2D eigenvalue weighted by molar-refractivity contribution is 5.96. The van der Waals surface area contributed by atoms with E-state index in [1.54, 1.807) is 36.4 Å². The average Bonchev–Trinajstić information content (AvgIpc) is 2.93. The molecule has 3 rings (SSSR count). The minimum atomic E-state index is -0.334. The van der Waals surface area contributed by atoms with Crippen LogP contribution >= 0.6 is 0 Å². The van der Waals surface area contributed by atoms with Crippen LogP contribution in [0.15, 0.2) is 53.3 Å². The van der Waals surface area contributed by atoms with Crippen LogP contribution in [0.3, 0.4) is 0 Å². The van der Waals surface area contributed by atoms with Crippen molar-refractivity contribution in [1.29, 1.82) is 0 Å². The number of hydrogen-bond acceptors (Lipinski definition) is 3. The Bertz CT molecular complexity index is 767. The van der Waals surface area contributed by atoms with E-state index in [4.69, 9.17) is 4.42 Å². The number of halogens is 1. The van der Waals surface area contributed by atoms with Gasteiger partial charge in [-0.1, -0.05) is 18.2 Å². The van der Waals surface area contributed by atoms with E-state index in [9.17, 15) is 9.18 Å². The number of aromatic nitrogens is 1. The van der Waals surface area contributed by atoms with Gasteiger partial charge in [-0.15, -0.1) is 0 Å². The van der Waals surface area contributed by atoms with Gasteiger partial charge in [-0.2, -0.15) is 0 Å². The lowest BCUT2D eigenvalue weighted by molar-refractivity contribution is 0.0950. The summed E-state index contributed by atoms with van der Waals surface area (Å²) in [6.07, 6.45) is 1.33. The van der Waals surface area contributed by atoms with Crippen LogP contribution in [0.1, 0.15) is 15.9 Å². The van der Waals surface area contributed by atoms with Crippen LogP contribution < -0.4 is 5.32 Å².